The summed E-state index contributed by atoms with van der Waals surface area (Å²) in [5.74, 6) is -0.713. The van der Waals surface area contributed by atoms with Crippen LogP contribution in [0.1, 0.15) is 72.6 Å². The molecule has 0 rings (SSSR count). The number of unbranched alkanes of at least 4 members (excludes halogenated alkanes) is 1. The zero-order valence-electron chi connectivity index (χ0n) is 15.6. The predicted molar refractivity (Wildman–Crippen MR) is 96.4 cm³/mol. The maximum Gasteiger partial charge on any atom is 0.362 e. The van der Waals surface area contributed by atoms with E-state index in [1.165, 1.54) is 0 Å². The van der Waals surface area contributed by atoms with Crippen molar-refractivity contribution in [3.05, 3.63) is 12.2 Å². The first-order valence-corrected chi connectivity index (χ1v) is 9.35. The van der Waals surface area contributed by atoms with Gasteiger partial charge in [0.2, 0.25) is 0 Å². The number of carboxylic acids is 1. The second-order valence-corrected chi connectivity index (χ2v) is 6.64. The molecule has 0 amide bonds. The number of hydrogen-bond acceptors (Lipinski definition) is 2. The third kappa shape index (κ3) is 7.98. The zero-order valence-corrected chi connectivity index (χ0v) is 15.6. The van der Waals surface area contributed by atoms with Crippen molar-refractivity contribution in [2.24, 2.45) is 0 Å². The highest BCUT2D eigenvalue weighted by Gasteiger charge is 2.41. The van der Waals surface area contributed by atoms with Crippen molar-refractivity contribution in [1.82, 2.24) is 0 Å². The van der Waals surface area contributed by atoms with Gasteiger partial charge in [0.25, 0.3) is 0 Å². The Morgan fingerprint density at radius 1 is 1.09 bits per heavy atom. The van der Waals surface area contributed by atoms with Crippen LogP contribution in [0, 0.1) is 0 Å². The Labute approximate surface area is 142 Å². The van der Waals surface area contributed by atoms with Crippen LogP contribution >= 0.6 is 0 Å². The van der Waals surface area contributed by atoms with E-state index in [1.54, 1.807) is 0 Å². The van der Waals surface area contributed by atoms with Gasteiger partial charge in [0.05, 0.1) is 13.1 Å². The van der Waals surface area contributed by atoms with Gasteiger partial charge in [-0.3, -0.25) is 0 Å². The summed E-state index contributed by atoms with van der Waals surface area (Å²) < 4.78 is 0.529. The molecule has 0 fully saturated rings. The Bertz CT molecular complexity index is 336. The fourth-order valence-corrected chi connectivity index (χ4v) is 3.68. The van der Waals surface area contributed by atoms with Crippen molar-refractivity contribution in [3.63, 3.8) is 0 Å². The average Bonchev–Trinajstić information content (AvgIpc) is 2.49. The normalized spacial score (nSPS) is 15.0. The van der Waals surface area contributed by atoms with Gasteiger partial charge in [-0.2, -0.15) is 0 Å². The van der Waals surface area contributed by atoms with Crippen molar-refractivity contribution in [2.45, 2.75) is 84.8 Å². The number of aliphatic hydroxyl groups is 1. The molecule has 136 valence electrons. The molecule has 0 saturated carbocycles. The van der Waals surface area contributed by atoms with Gasteiger partial charge in [-0.25, -0.2) is 4.79 Å². The lowest BCUT2D eigenvalue weighted by Crippen LogP contribution is -2.62. The monoisotopic (exact) mass is 328 g/mol. The fraction of sp³-hybridized carbons (Fsp3) is 0.842. The molecule has 4 heteroatoms. The minimum atomic E-state index is -0.713. The smallest absolute Gasteiger partial charge is 0.362 e. The average molecular weight is 329 g/mol. The molecular formula is C19H38NO3+. The first-order chi connectivity index (χ1) is 11.0. The van der Waals surface area contributed by atoms with Crippen LogP contribution in [0.15, 0.2) is 12.2 Å². The molecule has 2 unspecified atom stereocenters. The second-order valence-electron chi connectivity index (χ2n) is 6.64. The summed E-state index contributed by atoms with van der Waals surface area (Å²) in [6.07, 6.45) is 9.84. The zero-order chi connectivity index (χ0) is 17.7. The van der Waals surface area contributed by atoms with E-state index in [0.29, 0.717) is 17.4 Å². The topological polar surface area (TPSA) is 57.5 Å². The lowest BCUT2D eigenvalue weighted by Gasteiger charge is -2.44. The molecule has 0 radical (unpaired) electrons. The minimum Gasteiger partial charge on any atom is -0.477 e. The van der Waals surface area contributed by atoms with Gasteiger partial charge >= 0.3 is 5.97 Å². The minimum absolute atomic E-state index is 0.398. The Balaban J connectivity index is 5.10. The first-order valence-electron chi connectivity index (χ1n) is 9.35. The molecule has 0 bridgehead atoms. The van der Waals surface area contributed by atoms with Crippen LogP contribution in [-0.4, -0.2) is 52.4 Å². The second kappa shape index (κ2) is 12.5. The molecule has 0 aliphatic heterocycles. The first kappa shape index (κ1) is 22.1. The molecule has 23 heavy (non-hydrogen) atoms. The number of rotatable bonds is 14. The number of aliphatic carboxylic acids is 1. The van der Waals surface area contributed by atoms with Crippen molar-refractivity contribution in [3.8, 4) is 0 Å². The quantitative estimate of drug-likeness (QED) is 0.288. The number of allylic oxidation sites excluding steroid dienone is 2. The summed E-state index contributed by atoms with van der Waals surface area (Å²) in [5, 5.41) is 20.2. The van der Waals surface area contributed by atoms with E-state index in [1.807, 2.05) is 19.9 Å². The van der Waals surface area contributed by atoms with Gasteiger partial charge in [-0.15, -0.1) is 0 Å². The summed E-state index contributed by atoms with van der Waals surface area (Å²) in [7, 11) is 0. The van der Waals surface area contributed by atoms with Gasteiger partial charge in [0.1, 0.15) is 12.6 Å². The van der Waals surface area contributed by atoms with Gasteiger partial charge in [-0.05, 0) is 45.4 Å². The van der Waals surface area contributed by atoms with Crippen LogP contribution in [0.4, 0.5) is 0 Å². The van der Waals surface area contributed by atoms with E-state index in [2.05, 4.69) is 19.9 Å². The molecule has 0 aliphatic carbocycles. The van der Waals surface area contributed by atoms with Crippen LogP contribution in [0.2, 0.25) is 0 Å². The van der Waals surface area contributed by atoms with Crippen molar-refractivity contribution in [1.29, 1.82) is 0 Å². The summed E-state index contributed by atoms with van der Waals surface area (Å²) in [6.45, 7) is 10.5. The number of hydrogen-bond donors (Lipinski definition) is 2. The van der Waals surface area contributed by atoms with Crippen LogP contribution in [0.25, 0.3) is 0 Å². The van der Waals surface area contributed by atoms with E-state index in [4.69, 9.17) is 0 Å². The third-order valence-corrected chi connectivity index (χ3v) is 4.56. The van der Waals surface area contributed by atoms with Crippen molar-refractivity contribution >= 4 is 5.97 Å². The maximum atomic E-state index is 11.9. The molecule has 2 N–H and O–H groups in total. The van der Waals surface area contributed by atoms with Gasteiger partial charge in [0, 0.05) is 6.42 Å². The van der Waals surface area contributed by atoms with Crippen molar-refractivity contribution in [2.75, 3.05) is 19.6 Å². The molecule has 0 saturated heterocycles. The largest absolute Gasteiger partial charge is 0.477 e. The van der Waals surface area contributed by atoms with Crippen molar-refractivity contribution < 1.29 is 19.5 Å². The van der Waals surface area contributed by atoms with E-state index in [0.717, 1.165) is 51.6 Å². The van der Waals surface area contributed by atoms with E-state index >= 15 is 0 Å². The lowest BCUT2D eigenvalue weighted by atomic mass is 10.0. The third-order valence-electron chi connectivity index (χ3n) is 4.56. The van der Waals surface area contributed by atoms with Crippen LogP contribution in [0.5, 0.6) is 0 Å². The SMILES string of the molecule is C/C=C/CCCC(O)C[N+](CCC)(CCC)C(CCC)C(=O)O. The predicted octanol–water partition coefficient (Wildman–Crippen LogP) is 3.98. The summed E-state index contributed by atoms with van der Waals surface area (Å²) >= 11 is 0. The lowest BCUT2D eigenvalue weighted by molar-refractivity contribution is -0.946. The maximum absolute atomic E-state index is 11.9. The highest BCUT2D eigenvalue weighted by atomic mass is 16.4. The van der Waals surface area contributed by atoms with E-state index in [9.17, 15) is 15.0 Å². The molecule has 0 heterocycles. The Kier molecular flexibility index (Phi) is 12.1. The molecular weight excluding hydrogens is 290 g/mol. The number of carbonyl (C=O) groups is 1. The van der Waals surface area contributed by atoms with Gasteiger partial charge in [-0.1, -0.05) is 32.9 Å². The molecule has 0 aromatic carbocycles. The number of aliphatic hydroxyl groups excluding tert-OH is 1. The summed E-state index contributed by atoms with van der Waals surface area (Å²) in [6, 6.07) is -0.398. The molecule has 0 spiro atoms. The molecule has 0 aromatic rings. The number of quaternary nitrogens is 1. The van der Waals surface area contributed by atoms with Crippen LogP contribution < -0.4 is 0 Å². The van der Waals surface area contributed by atoms with E-state index in [-0.39, 0.29) is 0 Å². The highest BCUT2D eigenvalue weighted by Crippen LogP contribution is 2.23. The Morgan fingerprint density at radius 2 is 1.70 bits per heavy atom. The van der Waals surface area contributed by atoms with E-state index < -0.39 is 18.1 Å². The summed E-state index contributed by atoms with van der Waals surface area (Å²) in [5.41, 5.74) is 0. The standard InChI is InChI=1S/C19H37NO3/c1-5-9-10-11-13-17(21)16-20(14-7-3,15-8-4)18(12-6-2)19(22)23/h5,9,17-18,21H,6-8,10-16H2,1-4H3/p+1/b9-5+. The molecule has 4 nitrogen and oxygen atoms in total. The van der Waals surface area contributed by atoms with Gasteiger partial charge < -0.3 is 14.7 Å². The summed E-state index contributed by atoms with van der Waals surface area (Å²) in [4.78, 5) is 11.9. The Hall–Kier alpha value is -0.870. The van der Waals surface area contributed by atoms with Crippen LogP contribution in [0.3, 0.4) is 0 Å². The highest BCUT2D eigenvalue weighted by molar-refractivity contribution is 5.72. The number of nitrogens with zero attached hydrogens (tertiary/aromatic N) is 1. The molecule has 0 aliphatic rings. The molecule has 2 atom stereocenters. The van der Waals surface area contributed by atoms with Crippen LogP contribution in [-0.2, 0) is 4.79 Å². The molecule has 0 aromatic heterocycles. The fourth-order valence-electron chi connectivity index (χ4n) is 3.68. The van der Waals surface area contributed by atoms with Gasteiger partial charge in [0.15, 0.2) is 6.04 Å². The Morgan fingerprint density at radius 3 is 2.13 bits per heavy atom. The number of carboxylic acid groups (broad SMARTS) is 1.